The molecule has 1 amide bonds. The molecule has 0 bridgehead atoms. The highest BCUT2D eigenvalue weighted by Crippen LogP contribution is 2.39. The van der Waals surface area contributed by atoms with E-state index in [4.69, 9.17) is 20.9 Å². The first-order valence-corrected chi connectivity index (χ1v) is 12.7. The predicted octanol–water partition coefficient (Wildman–Crippen LogP) is 5.96. The van der Waals surface area contributed by atoms with Gasteiger partial charge in [0.1, 0.15) is 22.0 Å². The molecule has 2 aromatic carbocycles. The molecule has 0 spiro atoms. The molecule has 0 saturated heterocycles. The van der Waals surface area contributed by atoms with E-state index in [0.717, 1.165) is 23.5 Å². The average Bonchev–Trinajstić information content (AvgIpc) is 3.44. The summed E-state index contributed by atoms with van der Waals surface area (Å²) in [5, 5.41) is 7.94. The number of esters is 1. The molecule has 1 N–H and O–H groups in total. The first-order chi connectivity index (χ1) is 17.5. The third-order valence-electron chi connectivity index (χ3n) is 6.22. The van der Waals surface area contributed by atoms with Crippen molar-refractivity contribution in [3.8, 4) is 11.3 Å². The van der Waals surface area contributed by atoms with E-state index in [1.807, 2.05) is 24.3 Å². The number of anilines is 1. The number of aryl methyl sites for hydroxylation is 1. The fourth-order valence-corrected chi connectivity index (χ4v) is 5.98. The minimum atomic E-state index is -0.465. The van der Waals surface area contributed by atoms with Crippen LogP contribution in [0.4, 0.5) is 5.00 Å². The normalized spacial score (nSPS) is 13.3. The van der Waals surface area contributed by atoms with Crippen LogP contribution < -0.4 is 5.32 Å². The van der Waals surface area contributed by atoms with Gasteiger partial charge in [-0.15, -0.1) is 11.3 Å². The van der Waals surface area contributed by atoms with E-state index in [2.05, 4.69) is 27.5 Å². The van der Waals surface area contributed by atoms with Gasteiger partial charge in [0.25, 0.3) is 5.91 Å². The van der Waals surface area contributed by atoms with Crippen molar-refractivity contribution in [3.63, 3.8) is 0 Å². The summed E-state index contributed by atoms with van der Waals surface area (Å²) >= 11 is 7.76. The van der Waals surface area contributed by atoms with Gasteiger partial charge in [0.15, 0.2) is 0 Å². The van der Waals surface area contributed by atoms with E-state index in [-0.39, 0.29) is 5.56 Å². The first-order valence-electron chi connectivity index (χ1n) is 11.5. The molecule has 1 aliphatic rings. The van der Waals surface area contributed by atoms with Gasteiger partial charge in [0, 0.05) is 30.1 Å². The number of amides is 1. The van der Waals surface area contributed by atoms with Crippen molar-refractivity contribution in [1.29, 1.82) is 0 Å². The number of halogens is 1. The molecule has 0 atom stereocenters. The highest BCUT2D eigenvalue weighted by atomic mass is 35.5. The average molecular weight is 522 g/mol. The minimum absolute atomic E-state index is 0.274. The van der Waals surface area contributed by atoms with Crippen LogP contribution in [0.25, 0.3) is 11.3 Å². The summed E-state index contributed by atoms with van der Waals surface area (Å²) in [7, 11) is 1.35. The number of methoxy groups -OCH3 is 1. The maximum absolute atomic E-state index is 13.5. The molecule has 7 nitrogen and oxygen atoms in total. The Morgan fingerprint density at radius 3 is 2.64 bits per heavy atom. The van der Waals surface area contributed by atoms with Crippen LogP contribution in [0.15, 0.2) is 59.1 Å². The van der Waals surface area contributed by atoms with Crippen LogP contribution >= 0.6 is 22.9 Å². The van der Waals surface area contributed by atoms with E-state index in [1.165, 1.54) is 24.0 Å². The molecule has 9 heteroatoms. The number of hydrogen-bond acceptors (Lipinski definition) is 7. The Morgan fingerprint density at radius 2 is 1.89 bits per heavy atom. The molecule has 36 heavy (non-hydrogen) atoms. The van der Waals surface area contributed by atoms with Crippen LogP contribution in [0.2, 0.25) is 5.02 Å². The molecular formula is C27H24ClN3O4S. The number of aromatic nitrogens is 1. The van der Waals surface area contributed by atoms with Crippen molar-refractivity contribution in [1.82, 2.24) is 10.1 Å². The Labute approximate surface area is 217 Å². The summed E-state index contributed by atoms with van der Waals surface area (Å²) < 4.78 is 10.4. The number of nitrogens with one attached hydrogen (secondary N) is 1. The molecule has 0 radical (unpaired) electrons. The predicted molar refractivity (Wildman–Crippen MR) is 140 cm³/mol. The number of benzene rings is 2. The molecule has 3 heterocycles. The summed E-state index contributed by atoms with van der Waals surface area (Å²) in [6.45, 7) is 3.97. The SMILES string of the molecule is COC(=O)c1c(NC(=O)c2c(-c3ccccc3Cl)noc2C)sc2c1CCN(Cc1ccccc1)C2. The molecule has 0 aliphatic carbocycles. The molecule has 1 aliphatic heterocycles. The Balaban J connectivity index is 1.45. The van der Waals surface area contributed by atoms with E-state index in [1.54, 1.807) is 25.1 Å². The Kier molecular flexibility index (Phi) is 6.91. The maximum atomic E-state index is 13.5. The zero-order chi connectivity index (χ0) is 25.2. The van der Waals surface area contributed by atoms with Gasteiger partial charge in [0.05, 0.1) is 17.7 Å². The highest BCUT2D eigenvalue weighted by Gasteiger charge is 2.31. The zero-order valence-electron chi connectivity index (χ0n) is 19.8. The molecule has 2 aromatic heterocycles. The lowest BCUT2D eigenvalue weighted by molar-refractivity contribution is 0.0600. The smallest absolute Gasteiger partial charge is 0.341 e. The monoisotopic (exact) mass is 521 g/mol. The first kappa shape index (κ1) is 24.2. The molecule has 184 valence electrons. The summed E-state index contributed by atoms with van der Waals surface area (Å²) in [6.07, 6.45) is 0.691. The maximum Gasteiger partial charge on any atom is 0.341 e. The van der Waals surface area contributed by atoms with Gasteiger partial charge in [0.2, 0.25) is 0 Å². The van der Waals surface area contributed by atoms with Gasteiger partial charge < -0.3 is 14.6 Å². The van der Waals surface area contributed by atoms with E-state index in [0.29, 0.717) is 45.6 Å². The van der Waals surface area contributed by atoms with Crippen molar-refractivity contribution < 1.29 is 18.8 Å². The van der Waals surface area contributed by atoms with Crippen LogP contribution in [0.1, 0.15) is 42.5 Å². The van der Waals surface area contributed by atoms with Crippen molar-refractivity contribution in [2.24, 2.45) is 0 Å². The number of rotatable bonds is 6. The van der Waals surface area contributed by atoms with E-state index < -0.39 is 11.9 Å². The number of carbonyl (C=O) groups excluding carboxylic acids is 2. The second-order valence-electron chi connectivity index (χ2n) is 8.54. The fraction of sp³-hybridized carbons (Fsp3) is 0.222. The zero-order valence-corrected chi connectivity index (χ0v) is 21.4. The molecular weight excluding hydrogens is 498 g/mol. The number of nitrogens with zero attached hydrogens (tertiary/aromatic N) is 2. The summed E-state index contributed by atoms with van der Waals surface area (Å²) in [5.41, 5.74) is 3.80. The third kappa shape index (κ3) is 4.67. The van der Waals surface area contributed by atoms with Gasteiger partial charge in [-0.3, -0.25) is 9.69 Å². The van der Waals surface area contributed by atoms with Crippen molar-refractivity contribution in [3.05, 3.63) is 92.5 Å². The van der Waals surface area contributed by atoms with Crippen LogP contribution in [0, 0.1) is 6.92 Å². The molecule has 0 unspecified atom stereocenters. The number of ether oxygens (including phenoxy) is 1. The van der Waals surface area contributed by atoms with Crippen molar-refractivity contribution >= 4 is 39.8 Å². The summed E-state index contributed by atoms with van der Waals surface area (Å²) in [5.74, 6) is -0.529. The van der Waals surface area contributed by atoms with Crippen molar-refractivity contribution in [2.45, 2.75) is 26.4 Å². The molecule has 0 saturated carbocycles. The lowest BCUT2D eigenvalue weighted by atomic mass is 10.0. The van der Waals surface area contributed by atoms with Gasteiger partial charge in [-0.2, -0.15) is 0 Å². The number of hydrogen-bond donors (Lipinski definition) is 1. The number of thiophene rings is 1. The van der Waals surface area contributed by atoms with E-state index >= 15 is 0 Å². The number of carbonyl (C=O) groups is 2. The van der Waals surface area contributed by atoms with Crippen LogP contribution in [0.3, 0.4) is 0 Å². The second-order valence-corrected chi connectivity index (χ2v) is 10.1. The third-order valence-corrected chi connectivity index (χ3v) is 7.68. The molecule has 0 fully saturated rings. The quantitative estimate of drug-likeness (QED) is 0.315. The topological polar surface area (TPSA) is 84.7 Å². The standard InChI is InChI=1S/C27H24ClN3O4S/c1-16-22(24(30-35-16)18-10-6-7-11-20(18)28)25(32)29-26-23(27(33)34-2)19-12-13-31(15-21(19)36-26)14-17-8-4-3-5-9-17/h3-11H,12-15H2,1-2H3,(H,29,32). The van der Waals surface area contributed by atoms with Crippen molar-refractivity contribution in [2.75, 3.05) is 19.0 Å². The highest BCUT2D eigenvalue weighted by molar-refractivity contribution is 7.17. The molecule has 5 rings (SSSR count). The minimum Gasteiger partial charge on any atom is -0.465 e. The van der Waals surface area contributed by atoms with Crippen LogP contribution in [-0.4, -0.2) is 35.6 Å². The van der Waals surface area contributed by atoms with Crippen LogP contribution in [-0.2, 0) is 24.2 Å². The number of fused-ring (bicyclic) bond motifs is 1. The summed E-state index contributed by atoms with van der Waals surface area (Å²) in [6, 6.07) is 17.4. The largest absolute Gasteiger partial charge is 0.465 e. The molecule has 4 aromatic rings. The Morgan fingerprint density at radius 1 is 1.14 bits per heavy atom. The van der Waals surface area contributed by atoms with Gasteiger partial charge in [-0.1, -0.05) is 65.3 Å². The van der Waals surface area contributed by atoms with Gasteiger partial charge in [-0.05, 0) is 30.5 Å². The Bertz CT molecular complexity index is 1430. The van der Waals surface area contributed by atoms with E-state index in [9.17, 15) is 9.59 Å². The lowest BCUT2D eigenvalue weighted by Crippen LogP contribution is -2.29. The summed E-state index contributed by atoms with van der Waals surface area (Å²) in [4.78, 5) is 29.6. The van der Waals surface area contributed by atoms with Crippen LogP contribution in [0.5, 0.6) is 0 Å². The van der Waals surface area contributed by atoms with Gasteiger partial charge >= 0.3 is 5.97 Å². The fourth-order valence-electron chi connectivity index (χ4n) is 4.48. The Hall–Kier alpha value is -3.46. The van der Waals surface area contributed by atoms with Gasteiger partial charge in [-0.25, -0.2) is 4.79 Å². The second kappa shape index (κ2) is 10.3. The lowest BCUT2D eigenvalue weighted by Gasteiger charge is -2.27.